The van der Waals surface area contributed by atoms with E-state index in [2.05, 4.69) is 0 Å². The van der Waals surface area contributed by atoms with Crippen LogP contribution < -0.4 is 0 Å². The highest BCUT2D eigenvalue weighted by atomic mass is 32.2. The molecule has 1 amide bonds. The standard InChI is InChI=1S/C14H19NO3S/c1-11(2)15(8-14(17)18)13(16)10-19-9-12-6-4-3-5-7-12/h3-7,11H,8-10H2,1-2H3,(H,17,18). The Hall–Kier alpha value is -1.49. The molecule has 19 heavy (non-hydrogen) atoms. The number of hydrogen-bond acceptors (Lipinski definition) is 3. The van der Waals surface area contributed by atoms with Gasteiger partial charge in [-0.15, -0.1) is 11.8 Å². The van der Waals surface area contributed by atoms with E-state index in [1.165, 1.54) is 16.7 Å². The van der Waals surface area contributed by atoms with Crippen LogP contribution in [0.5, 0.6) is 0 Å². The molecule has 0 aliphatic heterocycles. The molecular formula is C14H19NO3S. The molecule has 0 saturated carbocycles. The van der Waals surface area contributed by atoms with Gasteiger partial charge < -0.3 is 10.0 Å². The van der Waals surface area contributed by atoms with Gasteiger partial charge in [-0.25, -0.2) is 0 Å². The van der Waals surface area contributed by atoms with E-state index in [0.29, 0.717) is 5.75 Å². The topological polar surface area (TPSA) is 57.6 Å². The molecule has 0 fully saturated rings. The van der Waals surface area contributed by atoms with Crippen molar-refractivity contribution in [2.45, 2.75) is 25.6 Å². The Morgan fingerprint density at radius 1 is 1.26 bits per heavy atom. The summed E-state index contributed by atoms with van der Waals surface area (Å²) >= 11 is 1.50. The van der Waals surface area contributed by atoms with E-state index < -0.39 is 5.97 Å². The van der Waals surface area contributed by atoms with Crippen LogP contribution in [0, 0.1) is 0 Å². The normalized spacial score (nSPS) is 10.5. The average Bonchev–Trinajstić information content (AvgIpc) is 2.36. The minimum Gasteiger partial charge on any atom is -0.480 e. The van der Waals surface area contributed by atoms with Crippen molar-refractivity contribution in [1.29, 1.82) is 0 Å². The fourth-order valence-corrected chi connectivity index (χ4v) is 2.49. The maximum Gasteiger partial charge on any atom is 0.323 e. The lowest BCUT2D eigenvalue weighted by molar-refractivity contribution is -0.144. The monoisotopic (exact) mass is 281 g/mol. The Morgan fingerprint density at radius 3 is 2.42 bits per heavy atom. The number of aliphatic carboxylic acids is 1. The highest BCUT2D eigenvalue weighted by Gasteiger charge is 2.19. The van der Waals surface area contributed by atoms with E-state index in [4.69, 9.17) is 5.11 Å². The van der Waals surface area contributed by atoms with Crippen molar-refractivity contribution in [2.24, 2.45) is 0 Å². The number of nitrogens with zero attached hydrogens (tertiary/aromatic N) is 1. The number of carbonyl (C=O) groups is 2. The van der Waals surface area contributed by atoms with Gasteiger partial charge in [-0.05, 0) is 19.4 Å². The van der Waals surface area contributed by atoms with Crippen LogP contribution in [0.15, 0.2) is 30.3 Å². The zero-order chi connectivity index (χ0) is 14.3. The number of carbonyl (C=O) groups excluding carboxylic acids is 1. The van der Waals surface area contributed by atoms with Crippen molar-refractivity contribution in [3.63, 3.8) is 0 Å². The molecule has 4 nitrogen and oxygen atoms in total. The summed E-state index contributed by atoms with van der Waals surface area (Å²) in [7, 11) is 0. The van der Waals surface area contributed by atoms with Gasteiger partial charge in [-0.2, -0.15) is 0 Å². The minimum atomic E-state index is -0.977. The molecule has 0 heterocycles. The molecule has 5 heteroatoms. The number of carboxylic acids is 1. The van der Waals surface area contributed by atoms with Crippen LogP contribution in [0.25, 0.3) is 0 Å². The number of carboxylic acid groups (broad SMARTS) is 1. The summed E-state index contributed by atoms with van der Waals surface area (Å²) in [5, 5.41) is 8.78. The van der Waals surface area contributed by atoms with Gasteiger partial charge in [-0.1, -0.05) is 30.3 Å². The van der Waals surface area contributed by atoms with Crippen molar-refractivity contribution in [2.75, 3.05) is 12.3 Å². The Balaban J connectivity index is 2.42. The minimum absolute atomic E-state index is 0.0964. The lowest BCUT2D eigenvalue weighted by Crippen LogP contribution is -2.41. The summed E-state index contributed by atoms with van der Waals surface area (Å²) in [4.78, 5) is 24.1. The second-order valence-electron chi connectivity index (χ2n) is 4.49. The molecule has 0 aromatic heterocycles. The van der Waals surface area contributed by atoms with Crippen LogP contribution in [0.4, 0.5) is 0 Å². The van der Waals surface area contributed by atoms with Crippen LogP contribution in [-0.4, -0.2) is 40.2 Å². The van der Waals surface area contributed by atoms with Gasteiger partial charge in [0.1, 0.15) is 6.54 Å². The first-order chi connectivity index (χ1) is 9.00. The SMILES string of the molecule is CC(C)N(CC(=O)O)C(=O)CSCc1ccccc1. The van der Waals surface area contributed by atoms with E-state index in [9.17, 15) is 9.59 Å². The van der Waals surface area contributed by atoms with Crippen molar-refractivity contribution in [3.8, 4) is 0 Å². The van der Waals surface area contributed by atoms with Crippen LogP contribution in [-0.2, 0) is 15.3 Å². The Bertz CT molecular complexity index is 420. The summed E-state index contributed by atoms with van der Waals surface area (Å²) in [6.45, 7) is 3.41. The Labute approximate surface area is 117 Å². The molecule has 0 saturated heterocycles. The van der Waals surface area contributed by atoms with E-state index in [1.807, 2.05) is 44.2 Å². The number of thioether (sulfide) groups is 1. The lowest BCUT2D eigenvalue weighted by Gasteiger charge is -2.24. The Morgan fingerprint density at radius 2 is 1.89 bits per heavy atom. The van der Waals surface area contributed by atoms with Gasteiger partial charge in [0.15, 0.2) is 0 Å². The molecule has 0 radical (unpaired) electrons. The molecule has 1 N–H and O–H groups in total. The molecule has 1 aromatic rings. The fourth-order valence-electron chi connectivity index (χ4n) is 1.62. The second kappa shape index (κ2) is 7.84. The van der Waals surface area contributed by atoms with Crippen LogP contribution in [0.3, 0.4) is 0 Å². The third-order valence-corrected chi connectivity index (χ3v) is 3.57. The Kier molecular flexibility index (Phi) is 6.42. The molecule has 0 aliphatic rings. The third kappa shape index (κ3) is 5.79. The number of rotatable bonds is 7. The molecule has 0 bridgehead atoms. The third-order valence-electron chi connectivity index (χ3n) is 2.59. The van der Waals surface area contributed by atoms with Crippen molar-refractivity contribution in [3.05, 3.63) is 35.9 Å². The van der Waals surface area contributed by atoms with Crippen LogP contribution >= 0.6 is 11.8 Å². The van der Waals surface area contributed by atoms with E-state index in [1.54, 1.807) is 0 Å². The van der Waals surface area contributed by atoms with Crippen LogP contribution in [0.2, 0.25) is 0 Å². The van der Waals surface area contributed by atoms with Crippen molar-refractivity contribution < 1.29 is 14.7 Å². The largest absolute Gasteiger partial charge is 0.480 e. The maximum atomic E-state index is 12.0. The summed E-state index contributed by atoms with van der Waals surface area (Å²) in [6.07, 6.45) is 0. The summed E-state index contributed by atoms with van der Waals surface area (Å²) in [6, 6.07) is 9.79. The molecular weight excluding hydrogens is 262 g/mol. The van der Waals surface area contributed by atoms with Gasteiger partial charge in [0.2, 0.25) is 5.91 Å². The van der Waals surface area contributed by atoms with Gasteiger partial charge in [0.25, 0.3) is 0 Å². The number of benzene rings is 1. The molecule has 0 unspecified atom stereocenters. The predicted octanol–water partition coefficient (Wildman–Crippen LogP) is 2.24. The average molecular weight is 281 g/mol. The van der Waals surface area contributed by atoms with Gasteiger partial charge in [0, 0.05) is 11.8 Å². The van der Waals surface area contributed by atoms with E-state index in [-0.39, 0.29) is 18.5 Å². The molecule has 1 aromatic carbocycles. The van der Waals surface area contributed by atoms with Gasteiger partial charge in [0.05, 0.1) is 5.75 Å². The maximum absolute atomic E-state index is 12.0. The molecule has 104 valence electrons. The van der Waals surface area contributed by atoms with Gasteiger partial charge in [-0.3, -0.25) is 9.59 Å². The van der Waals surface area contributed by atoms with E-state index in [0.717, 1.165) is 11.3 Å². The highest BCUT2D eigenvalue weighted by molar-refractivity contribution is 7.99. The quantitative estimate of drug-likeness (QED) is 0.832. The smallest absolute Gasteiger partial charge is 0.323 e. The van der Waals surface area contributed by atoms with Crippen molar-refractivity contribution >= 4 is 23.6 Å². The molecule has 1 rings (SSSR count). The summed E-state index contributed by atoms with van der Waals surface area (Å²) in [5.74, 6) is -0.0418. The summed E-state index contributed by atoms with van der Waals surface area (Å²) < 4.78 is 0. The molecule has 0 spiro atoms. The zero-order valence-corrected chi connectivity index (χ0v) is 12.0. The zero-order valence-electron chi connectivity index (χ0n) is 11.2. The van der Waals surface area contributed by atoms with Crippen molar-refractivity contribution in [1.82, 2.24) is 4.90 Å². The second-order valence-corrected chi connectivity index (χ2v) is 5.47. The van der Waals surface area contributed by atoms with Gasteiger partial charge >= 0.3 is 5.97 Å². The molecule has 0 atom stereocenters. The highest BCUT2D eigenvalue weighted by Crippen LogP contribution is 2.13. The first-order valence-corrected chi connectivity index (χ1v) is 7.29. The first kappa shape index (κ1) is 15.6. The number of hydrogen-bond donors (Lipinski definition) is 1. The molecule has 0 aliphatic carbocycles. The fraction of sp³-hybridized carbons (Fsp3) is 0.429. The lowest BCUT2D eigenvalue weighted by atomic mass is 10.2. The van der Waals surface area contributed by atoms with Crippen LogP contribution in [0.1, 0.15) is 19.4 Å². The predicted molar refractivity (Wildman–Crippen MR) is 77.1 cm³/mol. The number of amides is 1. The first-order valence-electron chi connectivity index (χ1n) is 6.13. The summed E-state index contributed by atoms with van der Waals surface area (Å²) in [5.41, 5.74) is 1.16. The van der Waals surface area contributed by atoms with E-state index >= 15 is 0 Å².